The van der Waals surface area contributed by atoms with Crippen molar-refractivity contribution < 1.29 is 22.6 Å². The minimum Gasteiger partial charge on any atom is -0.496 e. The fraction of sp³-hybridized carbons (Fsp3) is 0.278. The average molecular weight is 495 g/mol. The second-order valence-electron chi connectivity index (χ2n) is 5.52. The third kappa shape index (κ3) is 7.94. The Morgan fingerprint density at radius 2 is 1.81 bits per heavy atom. The van der Waals surface area contributed by atoms with Gasteiger partial charge in [0, 0.05) is 12.2 Å². The van der Waals surface area contributed by atoms with Gasteiger partial charge in [0.05, 0.1) is 7.11 Å². The fourth-order valence-corrected chi connectivity index (χ4v) is 2.25. The number of aryl methyl sites for hydroxylation is 1. The molecular weight excluding hydrogens is 474 g/mol. The number of hydrogen-bond acceptors (Lipinski definition) is 3. The summed E-state index contributed by atoms with van der Waals surface area (Å²) < 4.78 is 45.4. The van der Waals surface area contributed by atoms with Gasteiger partial charge in [0.2, 0.25) is 0 Å². The van der Waals surface area contributed by atoms with Crippen LogP contribution >= 0.6 is 24.0 Å². The number of ether oxygens (including phenoxy) is 2. The fourth-order valence-electron chi connectivity index (χ4n) is 2.25. The summed E-state index contributed by atoms with van der Waals surface area (Å²) in [6.07, 6.45) is -4.04. The van der Waals surface area contributed by atoms with Gasteiger partial charge < -0.3 is 20.5 Å². The highest BCUT2D eigenvalue weighted by atomic mass is 127. The number of alkyl halides is 3. The highest BCUT2D eigenvalue weighted by Gasteiger charge is 2.30. The van der Waals surface area contributed by atoms with Crippen molar-refractivity contribution in [1.29, 1.82) is 0 Å². The lowest BCUT2D eigenvalue weighted by Gasteiger charge is -2.10. The molecule has 2 aromatic carbocycles. The van der Waals surface area contributed by atoms with Crippen LogP contribution in [0, 0.1) is 6.92 Å². The topological polar surface area (TPSA) is 68.9 Å². The lowest BCUT2D eigenvalue weighted by atomic mass is 10.1. The molecule has 0 fully saturated rings. The quantitative estimate of drug-likeness (QED) is 0.352. The van der Waals surface area contributed by atoms with E-state index < -0.39 is 6.36 Å². The second-order valence-corrected chi connectivity index (χ2v) is 5.52. The predicted molar refractivity (Wildman–Crippen MR) is 110 cm³/mol. The lowest BCUT2D eigenvalue weighted by molar-refractivity contribution is -0.274. The molecule has 0 saturated carbocycles. The van der Waals surface area contributed by atoms with Crippen molar-refractivity contribution in [3.05, 3.63) is 53.6 Å². The van der Waals surface area contributed by atoms with E-state index in [0.717, 1.165) is 16.9 Å². The van der Waals surface area contributed by atoms with Gasteiger partial charge in [-0.05, 0) is 54.8 Å². The summed E-state index contributed by atoms with van der Waals surface area (Å²) in [6.45, 7) is 2.42. The maximum absolute atomic E-state index is 12.1. The summed E-state index contributed by atoms with van der Waals surface area (Å²) in [5.74, 6) is 0.694. The molecule has 0 saturated heterocycles. The molecule has 2 aromatic rings. The van der Waals surface area contributed by atoms with E-state index in [1.165, 1.54) is 24.3 Å². The molecule has 0 spiro atoms. The van der Waals surface area contributed by atoms with E-state index in [0.29, 0.717) is 18.7 Å². The molecule has 5 nitrogen and oxygen atoms in total. The van der Waals surface area contributed by atoms with Gasteiger partial charge in [-0.25, -0.2) is 0 Å². The molecule has 148 valence electrons. The predicted octanol–water partition coefficient (Wildman–Crippen LogP) is 4.49. The monoisotopic (exact) mass is 495 g/mol. The summed E-state index contributed by atoms with van der Waals surface area (Å²) in [5, 5.41) is 2.82. The molecule has 0 amide bonds. The van der Waals surface area contributed by atoms with Gasteiger partial charge in [-0.2, -0.15) is 0 Å². The van der Waals surface area contributed by atoms with E-state index in [2.05, 4.69) is 15.0 Å². The van der Waals surface area contributed by atoms with E-state index in [1.807, 2.05) is 25.1 Å². The first-order valence-corrected chi connectivity index (χ1v) is 7.83. The number of hydrogen-bond donors (Lipinski definition) is 2. The van der Waals surface area contributed by atoms with Gasteiger partial charge in [0.25, 0.3) is 0 Å². The van der Waals surface area contributed by atoms with Gasteiger partial charge in [-0.15, -0.1) is 37.1 Å². The molecule has 3 N–H and O–H groups in total. The molecule has 0 radical (unpaired) electrons. The third-order valence-electron chi connectivity index (χ3n) is 3.52. The Morgan fingerprint density at radius 3 is 2.41 bits per heavy atom. The number of anilines is 1. The Labute approximate surface area is 172 Å². The van der Waals surface area contributed by atoms with E-state index in [9.17, 15) is 13.2 Å². The number of guanidine groups is 1. The number of nitrogens with one attached hydrogen (secondary N) is 1. The van der Waals surface area contributed by atoms with Crippen molar-refractivity contribution in [2.75, 3.05) is 19.0 Å². The molecular formula is C18H21F3IN3O2. The molecule has 9 heteroatoms. The molecule has 2 rings (SSSR count). The minimum atomic E-state index is -4.71. The Bertz CT molecular complexity index is 765. The number of nitrogens with zero attached hydrogens (tertiary/aromatic N) is 1. The van der Waals surface area contributed by atoms with Crippen molar-refractivity contribution in [3.8, 4) is 11.5 Å². The van der Waals surface area contributed by atoms with E-state index in [-0.39, 0.29) is 35.7 Å². The van der Waals surface area contributed by atoms with Crippen molar-refractivity contribution >= 4 is 35.6 Å². The number of benzene rings is 2. The summed E-state index contributed by atoms with van der Waals surface area (Å²) in [6, 6.07) is 11.2. The number of nitrogens with two attached hydrogens (primary N) is 1. The summed E-state index contributed by atoms with van der Waals surface area (Å²) in [7, 11) is 1.62. The molecule has 0 unspecified atom stereocenters. The smallest absolute Gasteiger partial charge is 0.496 e. The van der Waals surface area contributed by atoms with Crippen LogP contribution in [-0.2, 0) is 6.42 Å². The van der Waals surface area contributed by atoms with Gasteiger partial charge in [-0.3, -0.25) is 4.99 Å². The largest absolute Gasteiger partial charge is 0.573 e. The van der Waals surface area contributed by atoms with Crippen LogP contribution in [0.15, 0.2) is 47.5 Å². The molecule has 0 atom stereocenters. The zero-order chi connectivity index (χ0) is 19.2. The van der Waals surface area contributed by atoms with Crippen LogP contribution in [0.1, 0.15) is 11.1 Å². The van der Waals surface area contributed by atoms with E-state index in [1.54, 1.807) is 7.11 Å². The number of halogens is 4. The Hall–Kier alpha value is -2.17. The van der Waals surface area contributed by atoms with Crippen molar-refractivity contribution in [1.82, 2.24) is 0 Å². The maximum atomic E-state index is 12.1. The van der Waals surface area contributed by atoms with Crippen LogP contribution in [0.4, 0.5) is 18.9 Å². The standard InChI is InChI=1S/C18H20F3N3O2.HI/c1-12-3-4-13(11-16(12)25-2)9-10-23-17(22)24-14-5-7-15(8-6-14)26-18(19,20)21;/h3-8,11H,9-10H2,1-2H3,(H3,22,23,24);1H. The molecule has 0 bridgehead atoms. The number of methoxy groups -OCH3 is 1. The SMILES string of the molecule is COc1cc(CCN=C(N)Nc2ccc(OC(F)(F)F)cc2)ccc1C.I. The van der Waals surface area contributed by atoms with Crippen LogP contribution in [0.5, 0.6) is 11.5 Å². The van der Waals surface area contributed by atoms with Gasteiger partial charge in [-0.1, -0.05) is 12.1 Å². The molecule has 0 heterocycles. The van der Waals surface area contributed by atoms with Crippen LogP contribution in [0.2, 0.25) is 0 Å². The summed E-state index contributed by atoms with van der Waals surface area (Å²) >= 11 is 0. The van der Waals surface area contributed by atoms with Gasteiger partial charge >= 0.3 is 6.36 Å². The highest BCUT2D eigenvalue weighted by Crippen LogP contribution is 2.24. The first-order valence-electron chi connectivity index (χ1n) is 7.83. The van der Waals surface area contributed by atoms with Gasteiger partial charge in [0.1, 0.15) is 11.5 Å². The molecule has 27 heavy (non-hydrogen) atoms. The maximum Gasteiger partial charge on any atom is 0.573 e. The molecule has 0 aliphatic heterocycles. The molecule has 0 aromatic heterocycles. The van der Waals surface area contributed by atoms with Crippen molar-refractivity contribution in [3.63, 3.8) is 0 Å². The second kappa shape index (κ2) is 10.2. The molecule has 0 aliphatic carbocycles. The zero-order valence-electron chi connectivity index (χ0n) is 14.8. The van der Waals surface area contributed by atoms with Crippen molar-refractivity contribution in [2.24, 2.45) is 10.7 Å². The first-order chi connectivity index (χ1) is 12.3. The van der Waals surface area contributed by atoms with E-state index in [4.69, 9.17) is 10.5 Å². The first kappa shape index (κ1) is 22.9. The van der Waals surface area contributed by atoms with Crippen LogP contribution in [0.25, 0.3) is 0 Å². The van der Waals surface area contributed by atoms with Crippen molar-refractivity contribution in [2.45, 2.75) is 19.7 Å². The Kier molecular flexibility index (Phi) is 8.67. The average Bonchev–Trinajstić information content (AvgIpc) is 2.57. The Balaban J connectivity index is 0.00000364. The number of aliphatic imine (C=N–C) groups is 1. The number of rotatable bonds is 6. The highest BCUT2D eigenvalue weighted by molar-refractivity contribution is 14.0. The third-order valence-corrected chi connectivity index (χ3v) is 3.52. The summed E-state index contributed by atoms with van der Waals surface area (Å²) in [4.78, 5) is 4.21. The van der Waals surface area contributed by atoms with Crippen LogP contribution < -0.4 is 20.5 Å². The normalized spacial score (nSPS) is 11.5. The Morgan fingerprint density at radius 1 is 1.15 bits per heavy atom. The van der Waals surface area contributed by atoms with Crippen LogP contribution in [0.3, 0.4) is 0 Å². The molecule has 0 aliphatic rings. The van der Waals surface area contributed by atoms with Gasteiger partial charge in [0.15, 0.2) is 5.96 Å². The van der Waals surface area contributed by atoms with E-state index >= 15 is 0 Å². The zero-order valence-corrected chi connectivity index (χ0v) is 17.2. The summed E-state index contributed by atoms with van der Waals surface area (Å²) in [5.41, 5.74) is 8.43. The lowest BCUT2D eigenvalue weighted by Crippen LogP contribution is -2.23. The van der Waals surface area contributed by atoms with Crippen LogP contribution in [-0.4, -0.2) is 26.0 Å². The minimum absolute atomic E-state index is 0.